The average Bonchev–Trinajstić information content (AvgIpc) is 2.74. The maximum Gasteiger partial charge on any atom is 0.267 e. The van der Waals surface area contributed by atoms with Gasteiger partial charge in [-0.2, -0.15) is 0 Å². The Balaban J connectivity index is 1.62. The van der Waals surface area contributed by atoms with Gasteiger partial charge in [-0.25, -0.2) is 0 Å². The van der Waals surface area contributed by atoms with E-state index in [0.717, 1.165) is 11.1 Å². The van der Waals surface area contributed by atoms with Gasteiger partial charge in [-0.15, -0.1) is 0 Å². The van der Waals surface area contributed by atoms with E-state index in [2.05, 4.69) is 0 Å². The van der Waals surface area contributed by atoms with Crippen molar-refractivity contribution in [3.63, 3.8) is 0 Å². The summed E-state index contributed by atoms with van der Waals surface area (Å²) in [5.41, 5.74) is 2.10. The van der Waals surface area contributed by atoms with Crippen LogP contribution in [0.3, 0.4) is 0 Å². The molecule has 0 spiro atoms. The molecule has 1 atom stereocenters. The van der Waals surface area contributed by atoms with E-state index in [4.69, 9.17) is 9.47 Å². The summed E-state index contributed by atoms with van der Waals surface area (Å²) in [6.45, 7) is 0.205. The number of hydrogen-bond acceptors (Lipinski definition) is 3. The summed E-state index contributed by atoms with van der Waals surface area (Å²) in [7, 11) is 1.82. The van der Waals surface area contributed by atoms with Crippen LogP contribution in [0.4, 0.5) is 0 Å². The molecule has 27 heavy (non-hydrogen) atoms. The summed E-state index contributed by atoms with van der Waals surface area (Å²) < 4.78 is 11.6. The molecular formula is C23H21NO3. The SMILES string of the molecule is CN(C(=O)[C@H]1COc2ccccc2O1)C(c1ccccc1)c1ccccc1. The predicted molar refractivity (Wildman–Crippen MR) is 104 cm³/mol. The Labute approximate surface area is 159 Å². The van der Waals surface area contributed by atoms with Gasteiger partial charge in [0.25, 0.3) is 5.91 Å². The van der Waals surface area contributed by atoms with Crippen LogP contribution in [0.15, 0.2) is 84.9 Å². The van der Waals surface area contributed by atoms with E-state index in [-0.39, 0.29) is 18.6 Å². The quantitative estimate of drug-likeness (QED) is 0.705. The molecule has 136 valence electrons. The molecule has 0 saturated heterocycles. The molecule has 4 rings (SSSR count). The molecule has 0 fully saturated rings. The normalized spacial score (nSPS) is 15.4. The number of hydrogen-bond donors (Lipinski definition) is 0. The second-order valence-corrected chi connectivity index (χ2v) is 6.54. The molecule has 0 radical (unpaired) electrons. The molecule has 0 unspecified atom stereocenters. The first-order valence-electron chi connectivity index (χ1n) is 8.99. The maximum atomic E-state index is 13.2. The van der Waals surface area contributed by atoms with Crippen LogP contribution in [0.25, 0.3) is 0 Å². The molecule has 0 aliphatic carbocycles. The van der Waals surface area contributed by atoms with E-state index in [1.165, 1.54) is 0 Å². The summed E-state index contributed by atoms with van der Waals surface area (Å²) in [6.07, 6.45) is -0.667. The zero-order valence-corrected chi connectivity index (χ0v) is 15.1. The second-order valence-electron chi connectivity index (χ2n) is 6.54. The fourth-order valence-electron chi connectivity index (χ4n) is 3.41. The van der Waals surface area contributed by atoms with Gasteiger partial charge >= 0.3 is 0 Å². The number of amides is 1. The Kier molecular flexibility index (Phi) is 4.79. The minimum absolute atomic E-state index is 0.109. The van der Waals surface area contributed by atoms with E-state index in [1.807, 2.05) is 92.0 Å². The van der Waals surface area contributed by atoms with Crippen molar-refractivity contribution in [3.05, 3.63) is 96.1 Å². The van der Waals surface area contributed by atoms with Gasteiger partial charge in [0.05, 0.1) is 6.04 Å². The molecule has 3 aromatic rings. The van der Waals surface area contributed by atoms with Crippen molar-refractivity contribution >= 4 is 5.91 Å². The zero-order valence-electron chi connectivity index (χ0n) is 15.1. The molecule has 1 aliphatic heterocycles. The highest BCUT2D eigenvalue weighted by Crippen LogP contribution is 2.33. The van der Waals surface area contributed by atoms with Crippen molar-refractivity contribution < 1.29 is 14.3 Å². The highest BCUT2D eigenvalue weighted by Gasteiger charge is 2.33. The number of fused-ring (bicyclic) bond motifs is 1. The van der Waals surface area contributed by atoms with E-state index >= 15 is 0 Å². The Morgan fingerprint density at radius 1 is 0.852 bits per heavy atom. The number of benzene rings is 3. The van der Waals surface area contributed by atoms with Gasteiger partial charge in [0.1, 0.15) is 6.61 Å². The smallest absolute Gasteiger partial charge is 0.267 e. The molecule has 1 heterocycles. The molecule has 1 aliphatic rings. The molecule has 1 amide bonds. The molecule has 3 aromatic carbocycles. The molecule has 0 bridgehead atoms. The van der Waals surface area contributed by atoms with Gasteiger partial charge in [-0.05, 0) is 23.3 Å². The Bertz CT molecular complexity index is 872. The summed E-state index contributed by atoms with van der Waals surface area (Å²) >= 11 is 0. The van der Waals surface area contributed by atoms with Crippen LogP contribution in [-0.2, 0) is 4.79 Å². The number of para-hydroxylation sites is 2. The maximum absolute atomic E-state index is 13.2. The summed E-state index contributed by atoms with van der Waals surface area (Å²) in [5, 5.41) is 0. The zero-order chi connectivity index (χ0) is 18.6. The first-order valence-corrected chi connectivity index (χ1v) is 8.99. The van der Waals surface area contributed by atoms with Crippen LogP contribution in [-0.4, -0.2) is 30.6 Å². The van der Waals surface area contributed by atoms with Crippen LogP contribution in [0.1, 0.15) is 17.2 Å². The van der Waals surface area contributed by atoms with Gasteiger partial charge in [-0.3, -0.25) is 4.79 Å². The van der Waals surface area contributed by atoms with Crippen molar-refractivity contribution in [3.8, 4) is 11.5 Å². The van der Waals surface area contributed by atoms with Crippen molar-refractivity contribution in [2.24, 2.45) is 0 Å². The molecule has 0 aromatic heterocycles. The first-order chi connectivity index (χ1) is 13.2. The molecule has 4 heteroatoms. The minimum Gasteiger partial charge on any atom is -0.485 e. The largest absolute Gasteiger partial charge is 0.485 e. The number of carbonyl (C=O) groups is 1. The molecule has 0 N–H and O–H groups in total. The number of likely N-dealkylation sites (N-methyl/N-ethyl adjacent to an activating group) is 1. The Hall–Kier alpha value is -3.27. The topological polar surface area (TPSA) is 38.8 Å². The average molecular weight is 359 g/mol. The van der Waals surface area contributed by atoms with Crippen molar-refractivity contribution in [1.29, 1.82) is 0 Å². The summed E-state index contributed by atoms with van der Waals surface area (Å²) in [6, 6.07) is 27.3. The lowest BCUT2D eigenvalue weighted by molar-refractivity contribution is -0.141. The van der Waals surface area contributed by atoms with Gasteiger partial charge in [0.2, 0.25) is 6.10 Å². The third-order valence-electron chi connectivity index (χ3n) is 4.75. The number of ether oxygens (including phenoxy) is 2. The Morgan fingerprint density at radius 2 is 1.37 bits per heavy atom. The van der Waals surface area contributed by atoms with Crippen LogP contribution in [0.2, 0.25) is 0 Å². The predicted octanol–water partition coefficient (Wildman–Crippen LogP) is 4.07. The summed E-state index contributed by atoms with van der Waals surface area (Å²) in [5.74, 6) is 1.17. The first kappa shape index (κ1) is 17.2. The second kappa shape index (κ2) is 7.54. The molecule has 4 nitrogen and oxygen atoms in total. The monoisotopic (exact) mass is 359 g/mol. The molecule has 0 saturated carbocycles. The number of nitrogens with zero attached hydrogens (tertiary/aromatic N) is 1. The molecular weight excluding hydrogens is 338 g/mol. The lowest BCUT2D eigenvalue weighted by Crippen LogP contribution is -2.46. The fourth-order valence-corrected chi connectivity index (χ4v) is 3.41. The van der Waals surface area contributed by atoms with Gasteiger partial charge in [0.15, 0.2) is 11.5 Å². The van der Waals surface area contributed by atoms with Crippen LogP contribution < -0.4 is 9.47 Å². The van der Waals surface area contributed by atoms with Crippen LogP contribution in [0.5, 0.6) is 11.5 Å². The van der Waals surface area contributed by atoms with E-state index in [0.29, 0.717) is 11.5 Å². The van der Waals surface area contributed by atoms with Gasteiger partial charge < -0.3 is 14.4 Å². The van der Waals surface area contributed by atoms with Crippen LogP contribution in [0, 0.1) is 0 Å². The van der Waals surface area contributed by atoms with Crippen LogP contribution >= 0.6 is 0 Å². The number of carbonyl (C=O) groups excluding carboxylic acids is 1. The fraction of sp³-hybridized carbons (Fsp3) is 0.174. The van der Waals surface area contributed by atoms with Crippen molar-refractivity contribution in [1.82, 2.24) is 4.90 Å². The van der Waals surface area contributed by atoms with E-state index in [9.17, 15) is 4.79 Å². The van der Waals surface area contributed by atoms with E-state index < -0.39 is 6.10 Å². The lowest BCUT2D eigenvalue weighted by Gasteiger charge is -2.33. The van der Waals surface area contributed by atoms with Crippen molar-refractivity contribution in [2.75, 3.05) is 13.7 Å². The summed E-state index contributed by atoms with van der Waals surface area (Å²) in [4.78, 5) is 15.0. The van der Waals surface area contributed by atoms with E-state index in [1.54, 1.807) is 4.90 Å². The van der Waals surface area contributed by atoms with Gasteiger partial charge in [-0.1, -0.05) is 72.8 Å². The lowest BCUT2D eigenvalue weighted by atomic mass is 9.97. The third kappa shape index (κ3) is 3.51. The highest BCUT2D eigenvalue weighted by atomic mass is 16.6. The standard InChI is InChI=1S/C23H21NO3/c1-24(23(25)21-16-26-19-14-8-9-15-20(19)27-21)22(17-10-4-2-5-11-17)18-12-6-3-7-13-18/h2-15,21-22H,16H2,1H3/t21-/m1/s1. The Morgan fingerprint density at radius 3 is 1.96 bits per heavy atom. The highest BCUT2D eigenvalue weighted by molar-refractivity contribution is 5.82. The van der Waals surface area contributed by atoms with Crippen molar-refractivity contribution in [2.45, 2.75) is 12.1 Å². The third-order valence-corrected chi connectivity index (χ3v) is 4.75. The number of rotatable bonds is 4. The minimum atomic E-state index is -0.667. The van der Waals surface area contributed by atoms with Gasteiger partial charge in [0, 0.05) is 7.05 Å².